The van der Waals surface area contributed by atoms with Crippen LogP contribution < -0.4 is 5.32 Å². The van der Waals surface area contributed by atoms with Crippen molar-refractivity contribution in [3.05, 3.63) is 0 Å². The molecular formula is C13H26ClNO3. The Morgan fingerprint density at radius 3 is 2.56 bits per heavy atom. The van der Waals surface area contributed by atoms with Crippen molar-refractivity contribution in [1.82, 2.24) is 5.32 Å². The van der Waals surface area contributed by atoms with Crippen molar-refractivity contribution in [3.63, 3.8) is 0 Å². The lowest BCUT2D eigenvalue weighted by atomic mass is 10.1. The van der Waals surface area contributed by atoms with Crippen molar-refractivity contribution in [1.29, 1.82) is 0 Å². The zero-order chi connectivity index (χ0) is 12.5. The van der Waals surface area contributed by atoms with Crippen molar-refractivity contribution in [2.45, 2.75) is 64.1 Å². The molecule has 1 saturated heterocycles. The van der Waals surface area contributed by atoms with Crippen LogP contribution in [0.1, 0.15) is 51.9 Å². The molecule has 0 radical (unpaired) electrons. The van der Waals surface area contributed by atoms with Crippen molar-refractivity contribution >= 4 is 18.4 Å². The number of carboxylic acids is 1. The molecule has 1 rings (SSSR count). The summed E-state index contributed by atoms with van der Waals surface area (Å²) >= 11 is 0. The number of hydrogen-bond donors (Lipinski definition) is 2. The highest BCUT2D eigenvalue weighted by Gasteiger charge is 2.23. The molecule has 0 aliphatic carbocycles. The zero-order valence-corrected chi connectivity index (χ0v) is 12.0. The van der Waals surface area contributed by atoms with Crippen LogP contribution in [0.15, 0.2) is 0 Å². The van der Waals surface area contributed by atoms with Gasteiger partial charge in [0.05, 0.1) is 6.10 Å². The van der Waals surface area contributed by atoms with E-state index in [1.807, 2.05) is 0 Å². The summed E-state index contributed by atoms with van der Waals surface area (Å²) in [6, 6.07) is 0. The van der Waals surface area contributed by atoms with Gasteiger partial charge in [0.1, 0.15) is 0 Å². The third-order valence-corrected chi connectivity index (χ3v) is 3.24. The Morgan fingerprint density at radius 2 is 2.00 bits per heavy atom. The SMILES string of the molecule is CCCCCCC(OC1CCNCC1)C(=O)O.Cl. The van der Waals surface area contributed by atoms with Crippen LogP contribution in [-0.4, -0.2) is 36.4 Å². The maximum absolute atomic E-state index is 11.1. The Labute approximate surface area is 116 Å². The molecule has 0 saturated carbocycles. The lowest BCUT2D eigenvalue weighted by Gasteiger charge is -2.26. The van der Waals surface area contributed by atoms with E-state index in [-0.39, 0.29) is 18.5 Å². The predicted octanol–water partition coefficient (Wildman–Crippen LogP) is 2.60. The quantitative estimate of drug-likeness (QED) is 0.671. The number of aliphatic carboxylic acids is 1. The van der Waals surface area contributed by atoms with Crippen molar-refractivity contribution < 1.29 is 14.6 Å². The first-order chi connectivity index (χ1) is 8.24. The van der Waals surface area contributed by atoms with Gasteiger partial charge in [0, 0.05) is 0 Å². The lowest BCUT2D eigenvalue weighted by Crippen LogP contribution is -2.37. The number of ether oxygens (including phenoxy) is 1. The van der Waals surface area contributed by atoms with Gasteiger partial charge in [-0.3, -0.25) is 0 Å². The van der Waals surface area contributed by atoms with E-state index in [0.717, 1.165) is 38.8 Å². The van der Waals surface area contributed by atoms with Crippen LogP contribution in [0.4, 0.5) is 0 Å². The summed E-state index contributed by atoms with van der Waals surface area (Å²) in [5.74, 6) is -0.806. The van der Waals surface area contributed by atoms with E-state index in [4.69, 9.17) is 9.84 Å². The Hall–Kier alpha value is -0.320. The zero-order valence-electron chi connectivity index (χ0n) is 11.2. The van der Waals surface area contributed by atoms with Crippen LogP contribution in [0.2, 0.25) is 0 Å². The number of carbonyl (C=O) groups is 1. The highest BCUT2D eigenvalue weighted by Crippen LogP contribution is 2.15. The average Bonchev–Trinajstić information content (AvgIpc) is 2.34. The molecule has 4 nitrogen and oxygen atoms in total. The molecule has 0 aromatic heterocycles. The number of carboxylic acid groups (broad SMARTS) is 1. The first kappa shape index (κ1) is 17.7. The van der Waals surface area contributed by atoms with Gasteiger partial charge in [0.25, 0.3) is 0 Å². The molecule has 5 heteroatoms. The number of hydrogen-bond acceptors (Lipinski definition) is 3. The van der Waals surface area contributed by atoms with E-state index in [1.165, 1.54) is 12.8 Å². The topological polar surface area (TPSA) is 58.6 Å². The van der Waals surface area contributed by atoms with Crippen LogP contribution in [0.25, 0.3) is 0 Å². The van der Waals surface area contributed by atoms with Crippen LogP contribution in [-0.2, 0) is 9.53 Å². The van der Waals surface area contributed by atoms with Gasteiger partial charge in [-0.2, -0.15) is 0 Å². The molecule has 18 heavy (non-hydrogen) atoms. The van der Waals surface area contributed by atoms with Crippen LogP contribution in [0.3, 0.4) is 0 Å². The van der Waals surface area contributed by atoms with Crippen molar-refractivity contribution in [2.75, 3.05) is 13.1 Å². The first-order valence-electron chi connectivity index (χ1n) is 6.83. The molecule has 2 N–H and O–H groups in total. The third-order valence-electron chi connectivity index (χ3n) is 3.24. The monoisotopic (exact) mass is 279 g/mol. The molecule has 0 spiro atoms. The normalized spacial score (nSPS) is 18.1. The Kier molecular flexibility index (Phi) is 10.4. The second-order valence-electron chi connectivity index (χ2n) is 4.76. The minimum absolute atomic E-state index is 0. The fourth-order valence-corrected chi connectivity index (χ4v) is 2.17. The number of nitrogens with one attached hydrogen (secondary N) is 1. The summed E-state index contributed by atoms with van der Waals surface area (Å²) in [5.41, 5.74) is 0. The summed E-state index contributed by atoms with van der Waals surface area (Å²) in [5, 5.41) is 12.4. The molecule has 0 amide bonds. The van der Waals surface area contributed by atoms with Crippen LogP contribution in [0, 0.1) is 0 Å². The second-order valence-corrected chi connectivity index (χ2v) is 4.76. The molecule has 1 unspecified atom stereocenters. The van der Waals surface area contributed by atoms with E-state index in [9.17, 15) is 4.79 Å². The Morgan fingerprint density at radius 1 is 1.33 bits per heavy atom. The fourth-order valence-electron chi connectivity index (χ4n) is 2.17. The summed E-state index contributed by atoms with van der Waals surface area (Å²) in [6.07, 6.45) is 6.45. The molecule has 0 aromatic rings. The van der Waals surface area contributed by atoms with Crippen molar-refractivity contribution in [2.24, 2.45) is 0 Å². The van der Waals surface area contributed by atoms with E-state index in [0.29, 0.717) is 6.42 Å². The highest BCUT2D eigenvalue weighted by molar-refractivity contribution is 5.85. The van der Waals surface area contributed by atoms with Gasteiger partial charge in [-0.25, -0.2) is 4.79 Å². The van der Waals surface area contributed by atoms with E-state index >= 15 is 0 Å². The standard InChI is InChI=1S/C13H25NO3.ClH/c1-2-3-4-5-6-12(13(15)16)17-11-7-9-14-10-8-11;/h11-12,14H,2-10H2,1H3,(H,15,16);1H. The largest absolute Gasteiger partial charge is 0.479 e. The summed E-state index contributed by atoms with van der Waals surface area (Å²) in [7, 11) is 0. The summed E-state index contributed by atoms with van der Waals surface area (Å²) in [4.78, 5) is 11.1. The van der Waals surface area contributed by atoms with Gasteiger partial charge < -0.3 is 15.2 Å². The molecule has 1 heterocycles. The number of unbranched alkanes of at least 4 members (excludes halogenated alkanes) is 3. The summed E-state index contributed by atoms with van der Waals surface area (Å²) in [6.45, 7) is 4.03. The van der Waals surface area contributed by atoms with Gasteiger partial charge in [-0.1, -0.05) is 32.6 Å². The third kappa shape index (κ3) is 7.19. The molecular weight excluding hydrogens is 254 g/mol. The Balaban J connectivity index is 0.00000289. The van der Waals surface area contributed by atoms with Gasteiger partial charge in [-0.05, 0) is 32.4 Å². The summed E-state index contributed by atoms with van der Waals surface area (Å²) < 4.78 is 5.69. The first-order valence-corrected chi connectivity index (χ1v) is 6.83. The van der Waals surface area contributed by atoms with Gasteiger partial charge in [0.2, 0.25) is 0 Å². The van der Waals surface area contributed by atoms with Gasteiger partial charge >= 0.3 is 5.97 Å². The lowest BCUT2D eigenvalue weighted by molar-refractivity contribution is -0.156. The van der Waals surface area contributed by atoms with E-state index < -0.39 is 12.1 Å². The molecule has 0 aromatic carbocycles. The second kappa shape index (κ2) is 10.6. The van der Waals surface area contributed by atoms with Gasteiger partial charge in [-0.15, -0.1) is 12.4 Å². The molecule has 1 aliphatic rings. The smallest absolute Gasteiger partial charge is 0.332 e. The minimum Gasteiger partial charge on any atom is -0.479 e. The molecule has 1 aliphatic heterocycles. The average molecular weight is 280 g/mol. The maximum atomic E-state index is 11.1. The van der Waals surface area contributed by atoms with E-state index in [1.54, 1.807) is 0 Å². The van der Waals surface area contributed by atoms with Gasteiger partial charge in [0.15, 0.2) is 6.10 Å². The van der Waals surface area contributed by atoms with Crippen LogP contribution in [0.5, 0.6) is 0 Å². The number of halogens is 1. The number of piperidine rings is 1. The maximum Gasteiger partial charge on any atom is 0.332 e. The molecule has 108 valence electrons. The highest BCUT2D eigenvalue weighted by atomic mass is 35.5. The molecule has 0 bridgehead atoms. The number of rotatable bonds is 8. The Bertz CT molecular complexity index is 220. The molecule has 1 fully saturated rings. The van der Waals surface area contributed by atoms with Crippen molar-refractivity contribution in [3.8, 4) is 0 Å². The molecule has 1 atom stereocenters. The fraction of sp³-hybridized carbons (Fsp3) is 0.923. The van der Waals surface area contributed by atoms with Crippen LogP contribution >= 0.6 is 12.4 Å². The van der Waals surface area contributed by atoms with E-state index in [2.05, 4.69) is 12.2 Å². The predicted molar refractivity (Wildman–Crippen MR) is 74.4 cm³/mol. The minimum atomic E-state index is -0.806.